The van der Waals surface area contributed by atoms with E-state index in [-0.39, 0.29) is 62.9 Å². The van der Waals surface area contributed by atoms with Gasteiger partial charge in [-0.2, -0.15) is 0 Å². The topological polar surface area (TPSA) is 274 Å². The Hall–Kier alpha value is -5.34. The van der Waals surface area contributed by atoms with Gasteiger partial charge in [0.15, 0.2) is 11.9 Å². The minimum atomic E-state index is -1.12. The average Bonchev–Trinajstić information content (AvgIpc) is 2.97. The number of aliphatic carboxylic acids is 1. The van der Waals surface area contributed by atoms with E-state index in [1.807, 2.05) is 6.07 Å². The van der Waals surface area contributed by atoms with Crippen LogP contribution in [0.5, 0.6) is 5.75 Å². The third kappa shape index (κ3) is 13.5. The first-order valence-electron chi connectivity index (χ1n) is 14.0. The van der Waals surface area contributed by atoms with Crippen LogP contribution in [-0.4, -0.2) is 77.0 Å². The van der Waals surface area contributed by atoms with Crippen molar-refractivity contribution in [2.45, 2.75) is 56.7 Å². The van der Waals surface area contributed by atoms with Crippen LogP contribution in [0.3, 0.4) is 0 Å². The Labute approximate surface area is 255 Å². The van der Waals surface area contributed by atoms with Gasteiger partial charge in [0.05, 0.1) is 0 Å². The number of phenols is 1. The predicted molar refractivity (Wildman–Crippen MR) is 165 cm³/mol. The maximum atomic E-state index is 13.6. The van der Waals surface area contributed by atoms with Gasteiger partial charge >= 0.3 is 5.97 Å². The van der Waals surface area contributed by atoms with E-state index in [4.69, 9.17) is 28.0 Å². The highest BCUT2D eigenvalue weighted by Crippen LogP contribution is 2.13. The molecule has 0 heterocycles. The SMILES string of the molecule is NC(N)=NCCC[C@@H](NC(=O)[C@H](Cc1ccc(O)cc1)N=C(N)N)C(=O)N[C@@H](Cc1ccccc1)C(=O)NCCCC(=O)O. The van der Waals surface area contributed by atoms with Gasteiger partial charge in [-0.25, -0.2) is 4.99 Å². The molecule has 0 aliphatic carbocycles. The van der Waals surface area contributed by atoms with E-state index in [0.717, 1.165) is 5.56 Å². The number of rotatable bonds is 18. The van der Waals surface area contributed by atoms with E-state index in [0.29, 0.717) is 12.0 Å². The van der Waals surface area contributed by atoms with Crippen LogP contribution in [0.25, 0.3) is 0 Å². The summed E-state index contributed by atoms with van der Waals surface area (Å²) < 4.78 is 0. The highest BCUT2D eigenvalue weighted by molar-refractivity contribution is 5.94. The number of carboxylic acid groups (broad SMARTS) is 1. The molecule has 2 aromatic carbocycles. The number of nitrogens with two attached hydrogens (primary N) is 4. The molecule has 2 rings (SSSR count). The lowest BCUT2D eigenvalue weighted by molar-refractivity contribution is -0.137. The Morgan fingerprint density at radius 2 is 1.39 bits per heavy atom. The van der Waals surface area contributed by atoms with Crippen molar-refractivity contribution in [3.63, 3.8) is 0 Å². The van der Waals surface area contributed by atoms with Crippen LogP contribution in [0.15, 0.2) is 64.6 Å². The Kier molecular flexibility index (Phi) is 14.5. The quantitative estimate of drug-likeness (QED) is 0.0553. The zero-order valence-electron chi connectivity index (χ0n) is 24.3. The van der Waals surface area contributed by atoms with Crippen molar-refractivity contribution in [2.75, 3.05) is 13.1 Å². The summed E-state index contributed by atoms with van der Waals surface area (Å²) in [5.74, 6) is -3.20. The Morgan fingerprint density at radius 3 is 2.00 bits per heavy atom. The summed E-state index contributed by atoms with van der Waals surface area (Å²) in [5, 5.41) is 26.5. The Morgan fingerprint density at radius 1 is 0.750 bits per heavy atom. The second-order valence-electron chi connectivity index (χ2n) is 9.99. The van der Waals surface area contributed by atoms with Gasteiger partial charge in [-0.15, -0.1) is 0 Å². The molecule has 238 valence electrons. The molecule has 3 atom stereocenters. The summed E-state index contributed by atoms with van der Waals surface area (Å²) in [7, 11) is 0. The summed E-state index contributed by atoms with van der Waals surface area (Å²) >= 11 is 0. The summed E-state index contributed by atoms with van der Waals surface area (Å²) in [6, 6.07) is 11.9. The molecule has 0 unspecified atom stereocenters. The summed E-state index contributed by atoms with van der Waals surface area (Å²) in [4.78, 5) is 58.9. The molecule has 0 radical (unpaired) electrons. The summed E-state index contributed by atoms with van der Waals surface area (Å²) in [5.41, 5.74) is 23.4. The number of carboxylic acids is 1. The molecule has 0 aromatic heterocycles. The van der Waals surface area contributed by atoms with Crippen molar-refractivity contribution in [3.8, 4) is 5.75 Å². The third-order valence-corrected chi connectivity index (χ3v) is 6.33. The van der Waals surface area contributed by atoms with Crippen molar-refractivity contribution in [2.24, 2.45) is 32.9 Å². The molecule has 0 fully saturated rings. The van der Waals surface area contributed by atoms with Crippen molar-refractivity contribution < 1.29 is 29.4 Å². The number of carbonyl (C=O) groups excluding carboxylic acids is 3. The van der Waals surface area contributed by atoms with Crippen molar-refractivity contribution >= 4 is 35.6 Å². The number of nitrogens with one attached hydrogen (secondary N) is 3. The van der Waals surface area contributed by atoms with Gasteiger partial charge < -0.3 is 49.1 Å². The smallest absolute Gasteiger partial charge is 0.303 e. The fraction of sp³-hybridized carbons (Fsp3) is 0.379. The van der Waals surface area contributed by atoms with E-state index in [1.54, 1.807) is 36.4 Å². The number of carbonyl (C=O) groups is 4. The molecule has 0 aliphatic rings. The third-order valence-electron chi connectivity index (χ3n) is 6.33. The fourth-order valence-corrected chi connectivity index (χ4v) is 4.18. The van der Waals surface area contributed by atoms with E-state index in [9.17, 15) is 24.3 Å². The molecule has 13 N–H and O–H groups in total. The van der Waals surface area contributed by atoms with E-state index in [2.05, 4.69) is 25.9 Å². The van der Waals surface area contributed by atoms with Crippen molar-refractivity contribution in [1.29, 1.82) is 0 Å². The van der Waals surface area contributed by atoms with Crippen LogP contribution in [0.2, 0.25) is 0 Å². The predicted octanol–water partition coefficient (Wildman–Crippen LogP) is -1.18. The van der Waals surface area contributed by atoms with Crippen LogP contribution in [0.4, 0.5) is 0 Å². The number of hydrogen-bond acceptors (Lipinski definition) is 7. The van der Waals surface area contributed by atoms with Gasteiger partial charge in [0.2, 0.25) is 17.7 Å². The van der Waals surface area contributed by atoms with Crippen LogP contribution < -0.4 is 38.9 Å². The molecule has 0 aliphatic heterocycles. The fourth-order valence-electron chi connectivity index (χ4n) is 4.18. The number of hydrogen-bond donors (Lipinski definition) is 9. The molecule has 0 saturated heterocycles. The first-order valence-corrected chi connectivity index (χ1v) is 14.0. The molecule has 0 bridgehead atoms. The van der Waals surface area contributed by atoms with E-state index in [1.165, 1.54) is 12.1 Å². The molecule has 44 heavy (non-hydrogen) atoms. The first-order chi connectivity index (χ1) is 20.9. The molecular weight excluding hydrogens is 570 g/mol. The molecule has 0 spiro atoms. The lowest BCUT2D eigenvalue weighted by Crippen LogP contribution is -2.55. The zero-order chi connectivity index (χ0) is 32.5. The summed E-state index contributed by atoms with van der Waals surface area (Å²) in [6.07, 6.45) is 0.725. The minimum absolute atomic E-state index is 0.0464. The first kappa shape index (κ1) is 34.9. The lowest BCUT2D eigenvalue weighted by Gasteiger charge is -2.24. The number of aliphatic imine (C=N–C) groups is 2. The minimum Gasteiger partial charge on any atom is -0.508 e. The molecule has 2 aromatic rings. The van der Waals surface area contributed by atoms with Crippen LogP contribution in [0, 0.1) is 0 Å². The number of nitrogens with zero attached hydrogens (tertiary/aromatic N) is 2. The van der Waals surface area contributed by atoms with Crippen molar-refractivity contribution in [1.82, 2.24) is 16.0 Å². The standard InChI is InChI=1S/C29H41N9O6/c30-28(31)35-15-4-8-21(36-27(44)23(38-29(32)33)17-19-10-12-20(39)13-11-19)26(43)37-22(16-18-6-2-1-3-7-18)25(42)34-14-5-9-24(40)41/h1-3,6-7,10-13,21-23,39H,4-5,8-9,14-17H2,(H,34,42)(H,36,44)(H,37,43)(H,40,41)(H4,30,31,35)(H4,32,33,38)/t21-,22+,23+/m1/s1. The lowest BCUT2D eigenvalue weighted by atomic mass is 10.0. The maximum absolute atomic E-state index is 13.6. The highest BCUT2D eigenvalue weighted by atomic mass is 16.4. The van der Waals surface area contributed by atoms with E-state index < -0.39 is 41.8 Å². The van der Waals surface area contributed by atoms with Crippen LogP contribution in [-0.2, 0) is 32.0 Å². The molecule has 3 amide bonds. The number of amides is 3. The van der Waals surface area contributed by atoms with Gasteiger partial charge in [0, 0.05) is 32.4 Å². The van der Waals surface area contributed by atoms with Gasteiger partial charge in [-0.3, -0.25) is 24.2 Å². The maximum Gasteiger partial charge on any atom is 0.303 e. The molecule has 0 saturated carbocycles. The highest BCUT2D eigenvalue weighted by Gasteiger charge is 2.29. The number of benzene rings is 2. The summed E-state index contributed by atoms with van der Waals surface area (Å²) in [6.45, 7) is 0.284. The second-order valence-corrected chi connectivity index (χ2v) is 9.99. The van der Waals surface area contributed by atoms with Crippen LogP contribution in [0.1, 0.15) is 36.8 Å². The van der Waals surface area contributed by atoms with Gasteiger partial charge in [0.25, 0.3) is 0 Å². The molecule has 15 heteroatoms. The largest absolute Gasteiger partial charge is 0.508 e. The average molecular weight is 612 g/mol. The van der Waals surface area contributed by atoms with Gasteiger partial charge in [0.1, 0.15) is 23.9 Å². The van der Waals surface area contributed by atoms with Crippen molar-refractivity contribution in [3.05, 3.63) is 65.7 Å². The monoisotopic (exact) mass is 611 g/mol. The number of aromatic hydroxyl groups is 1. The molecular formula is C29H41N9O6. The Balaban J connectivity index is 2.26. The zero-order valence-corrected chi connectivity index (χ0v) is 24.3. The van der Waals surface area contributed by atoms with Gasteiger partial charge in [-0.1, -0.05) is 42.5 Å². The normalized spacial score (nSPS) is 12.5. The second kappa shape index (κ2) is 18.3. The van der Waals surface area contributed by atoms with Gasteiger partial charge in [-0.05, 0) is 42.5 Å². The van der Waals surface area contributed by atoms with Crippen LogP contribution >= 0.6 is 0 Å². The molecule has 15 nitrogen and oxygen atoms in total. The number of guanidine groups is 2. The van der Waals surface area contributed by atoms with E-state index >= 15 is 0 Å². The Bertz CT molecular complexity index is 1290. The number of phenolic OH excluding ortho intramolecular Hbond substituents is 1.